The molecular weight excluding hydrogens is 1170 g/mol. The molecule has 1 aliphatic rings. The number of ether oxygens (including phenoxy) is 2. The molecule has 0 aromatic rings. The molecule has 0 aliphatic carbocycles. The number of carbonyl (C=O) groups is 1. The largest absolute Gasteiger partial charge is 0.394 e. The zero-order chi connectivity index (χ0) is 68.1. The number of aliphatic hydroxyl groups is 7. The van der Waals surface area contributed by atoms with Crippen LogP contribution in [-0.4, -0.2) is 110 Å². The van der Waals surface area contributed by atoms with Gasteiger partial charge in [-0.25, -0.2) is 0 Å². The van der Waals surface area contributed by atoms with Gasteiger partial charge in [0, 0.05) is 0 Å². The van der Waals surface area contributed by atoms with Crippen LogP contribution in [0.25, 0.3) is 0 Å². The molecular formula is C83H157NO10. The third-order valence-corrected chi connectivity index (χ3v) is 19.8. The lowest BCUT2D eigenvalue weighted by molar-refractivity contribution is -0.303. The van der Waals surface area contributed by atoms with Crippen molar-refractivity contribution in [1.29, 1.82) is 0 Å². The normalized spacial score (nSPS) is 18.4. The molecule has 0 aromatic heterocycles. The Morgan fingerprint density at radius 1 is 0.362 bits per heavy atom. The molecule has 11 heteroatoms. The summed E-state index contributed by atoms with van der Waals surface area (Å²) in [6.07, 6.45) is 83.9. The standard InChI is InChI=1S/C83H157NO10/c1-3-5-7-9-11-13-15-17-19-21-23-25-27-29-31-33-35-36-37-38-39-41-43-45-47-49-51-53-55-57-59-61-63-65-67-69-71-76(87)82(92)84-74(73-93-83-81(91)80(90)79(89)77(72-85)94-83)78(88)75(86)70-68-66-64-62-60-58-56-54-52-50-48-46-44-42-40-34-32-30-28-26-24-22-20-18-16-14-12-10-8-6-4-2/h36-37,46,48,54,56,62,64,74-81,83,85-91H,3-35,38-45,47,49-53,55,57-61,63,65-73H2,1-2H3,(H,84,92)/b37-36-,48-46+,56-54+,64-62+. The van der Waals surface area contributed by atoms with Crippen LogP contribution in [0.5, 0.6) is 0 Å². The lowest BCUT2D eigenvalue weighted by Gasteiger charge is -2.40. The second-order valence-electron chi connectivity index (χ2n) is 28.8. The maximum Gasteiger partial charge on any atom is 0.249 e. The molecule has 1 fully saturated rings. The number of allylic oxidation sites excluding steroid dienone is 8. The Kier molecular flexibility index (Phi) is 68.0. The monoisotopic (exact) mass is 1330 g/mol. The minimum Gasteiger partial charge on any atom is -0.394 e. The molecule has 0 spiro atoms. The van der Waals surface area contributed by atoms with Gasteiger partial charge in [0.2, 0.25) is 5.91 Å². The van der Waals surface area contributed by atoms with Gasteiger partial charge in [0.1, 0.15) is 36.6 Å². The SMILES string of the molecule is CCCCCCCCCCCCCCCCCC/C=C\CCCCCCCCCCCCCCCCCCC(O)C(=O)NC(COC1OC(CO)C(O)C(O)C1O)C(O)C(O)CCC/C=C/CC/C=C/CC/C=C/CCCCCCCCCCCCCCCCCCCC. The van der Waals surface area contributed by atoms with Gasteiger partial charge in [0.25, 0.3) is 0 Å². The van der Waals surface area contributed by atoms with Gasteiger partial charge in [0.05, 0.1) is 25.4 Å². The number of hydrogen-bond donors (Lipinski definition) is 8. The molecule has 94 heavy (non-hydrogen) atoms. The minimum atomic E-state index is -1.68. The van der Waals surface area contributed by atoms with Crippen molar-refractivity contribution in [2.45, 2.75) is 461 Å². The first kappa shape index (κ1) is 90.1. The molecule has 9 atom stereocenters. The Morgan fingerprint density at radius 2 is 0.638 bits per heavy atom. The van der Waals surface area contributed by atoms with Gasteiger partial charge in [-0.1, -0.05) is 364 Å². The maximum atomic E-state index is 13.3. The number of hydrogen-bond acceptors (Lipinski definition) is 10. The number of rotatable bonds is 73. The van der Waals surface area contributed by atoms with Crippen molar-refractivity contribution in [3.63, 3.8) is 0 Å². The molecule has 1 rings (SSSR count). The van der Waals surface area contributed by atoms with Crippen LogP contribution in [0.15, 0.2) is 48.6 Å². The van der Waals surface area contributed by atoms with Gasteiger partial charge in [0.15, 0.2) is 6.29 Å². The van der Waals surface area contributed by atoms with E-state index in [4.69, 9.17) is 9.47 Å². The van der Waals surface area contributed by atoms with E-state index in [1.54, 1.807) is 0 Å². The van der Waals surface area contributed by atoms with Gasteiger partial charge < -0.3 is 50.5 Å². The van der Waals surface area contributed by atoms with Crippen molar-refractivity contribution < 1.29 is 50.0 Å². The predicted octanol–water partition coefficient (Wildman–Crippen LogP) is 21.4. The average molecular weight is 1330 g/mol. The van der Waals surface area contributed by atoms with E-state index in [1.807, 2.05) is 0 Å². The summed E-state index contributed by atoms with van der Waals surface area (Å²) in [6, 6.07) is -1.20. The van der Waals surface area contributed by atoms with Crippen LogP contribution in [0, 0.1) is 0 Å². The molecule has 1 heterocycles. The third kappa shape index (κ3) is 56.9. The maximum absolute atomic E-state index is 13.3. The molecule has 0 aromatic carbocycles. The Hall–Kier alpha value is -1.93. The fraction of sp³-hybridized carbons (Fsp3) is 0.892. The Labute approximate surface area is 580 Å². The molecule has 8 N–H and O–H groups in total. The average Bonchev–Trinajstić information content (AvgIpc) is 0.901. The van der Waals surface area contributed by atoms with Gasteiger partial charge in [-0.2, -0.15) is 0 Å². The van der Waals surface area contributed by atoms with E-state index in [2.05, 4.69) is 67.8 Å². The van der Waals surface area contributed by atoms with Crippen molar-refractivity contribution >= 4 is 5.91 Å². The minimum absolute atomic E-state index is 0.242. The number of aliphatic hydroxyl groups excluding tert-OH is 7. The fourth-order valence-electron chi connectivity index (χ4n) is 13.3. The summed E-state index contributed by atoms with van der Waals surface area (Å²) in [4.78, 5) is 13.3. The topological polar surface area (TPSA) is 189 Å². The van der Waals surface area contributed by atoms with Gasteiger partial charge in [-0.15, -0.1) is 0 Å². The number of unbranched alkanes of at least 4 members (excludes halogenated alkanes) is 53. The molecule has 0 saturated carbocycles. The summed E-state index contributed by atoms with van der Waals surface area (Å²) < 4.78 is 11.2. The van der Waals surface area contributed by atoms with E-state index < -0.39 is 74.2 Å². The third-order valence-electron chi connectivity index (χ3n) is 19.8. The van der Waals surface area contributed by atoms with Crippen LogP contribution in [0.2, 0.25) is 0 Å². The summed E-state index contributed by atoms with van der Waals surface area (Å²) in [5.74, 6) is -0.706. The summed E-state index contributed by atoms with van der Waals surface area (Å²) in [7, 11) is 0. The lowest BCUT2D eigenvalue weighted by atomic mass is 9.98. The highest BCUT2D eigenvalue weighted by Gasteiger charge is 2.44. The highest BCUT2D eigenvalue weighted by molar-refractivity contribution is 5.80. The molecule has 554 valence electrons. The first-order chi connectivity index (χ1) is 46.2. The fourth-order valence-corrected chi connectivity index (χ4v) is 13.3. The van der Waals surface area contributed by atoms with Crippen LogP contribution in [0.3, 0.4) is 0 Å². The van der Waals surface area contributed by atoms with Gasteiger partial charge in [-0.05, 0) is 89.9 Å². The number of nitrogens with one attached hydrogen (secondary N) is 1. The van der Waals surface area contributed by atoms with Crippen LogP contribution < -0.4 is 5.32 Å². The molecule has 1 saturated heterocycles. The smallest absolute Gasteiger partial charge is 0.249 e. The zero-order valence-corrected chi connectivity index (χ0v) is 61.7. The van der Waals surface area contributed by atoms with Crippen LogP contribution >= 0.6 is 0 Å². The molecule has 11 nitrogen and oxygen atoms in total. The summed E-state index contributed by atoms with van der Waals surface area (Å²) >= 11 is 0. The number of carbonyl (C=O) groups excluding carboxylic acids is 1. The highest BCUT2D eigenvalue weighted by atomic mass is 16.7. The zero-order valence-electron chi connectivity index (χ0n) is 61.7. The van der Waals surface area contributed by atoms with Crippen LogP contribution in [-0.2, 0) is 14.3 Å². The second kappa shape index (κ2) is 70.9. The van der Waals surface area contributed by atoms with Gasteiger partial charge in [-0.3, -0.25) is 4.79 Å². The molecule has 1 aliphatic heterocycles. The van der Waals surface area contributed by atoms with E-state index in [0.717, 1.165) is 44.9 Å². The Bertz CT molecular complexity index is 1670. The van der Waals surface area contributed by atoms with E-state index in [1.165, 1.54) is 315 Å². The number of amides is 1. The molecule has 0 radical (unpaired) electrons. The van der Waals surface area contributed by atoms with E-state index in [9.17, 15) is 40.5 Å². The van der Waals surface area contributed by atoms with Crippen molar-refractivity contribution in [2.75, 3.05) is 13.2 Å². The second-order valence-corrected chi connectivity index (χ2v) is 28.8. The summed E-state index contributed by atoms with van der Waals surface area (Å²) in [6.45, 7) is 3.50. The summed E-state index contributed by atoms with van der Waals surface area (Å²) in [5.41, 5.74) is 0. The first-order valence-corrected chi connectivity index (χ1v) is 41.0. The summed E-state index contributed by atoms with van der Waals surface area (Å²) in [5, 5.41) is 76.7. The van der Waals surface area contributed by atoms with Crippen molar-refractivity contribution in [2.24, 2.45) is 0 Å². The quantitative estimate of drug-likeness (QED) is 0.0215. The van der Waals surface area contributed by atoms with Crippen LogP contribution in [0.1, 0.15) is 406 Å². The van der Waals surface area contributed by atoms with E-state index in [0.29, 0.717) is 19.3 Å². The van der Waals surface area contributed by atoms with Crippen molar-refractivity contribution in [3.05, 3.63) is 48.6 Å². The predicted molar refractivity (Wildman–Crippen MR) is 399 cm³/mol. The van der Waals surface area contributed by atoms with Crippen molar-refractivity contribution in [3.8, 4) is 0 Å². The molecule has 0 bridgehead atoms. The molecule has 9 unspecified atom stereocenters. The van der Waals surface area contributed by atoms with Crippen LogP contribution in [0.4, 0.5) is 0 Å². The Morgan fingerprint density at radius 3 is 0.947 bits per heavy atom. The van der Waals surface area contributed by atoms with E-state index in [-0.39, 0.29) is 12.8 Å². The van der Waals surface area contributed by atoms with Gasteiger partial charge >= 0.3 is 0 Å². The highest BCUT2D eigenvalue weighted by Crippen LogP contribution is 2.24. The first-order valence-electron chi connectivity index (χ1n) is 41.0. The lowest BCUT2D eigenvalue weighted by Crippen LogP contribution is -2.60. The Balaban J connectivity index is 2.15. The van der Waals surface area contributed by atoms with Crippen molar-refractivity contribution in [1.82, 2.24) is 5.32 Å². The van der Waals surface area contributed by atoms with E-state index >= 15 is 0 Å². The molecule has 1 amide bonds.